The summed E-state index contributed by atoms with van der Waals surface area (Å²) in [5.74, 6) is -0.731. The standard InChI is InChI=1S/C18H20N2O2/c19-13-7-12-18(20,16(21)14-8-3-1-4-9-14)17(22)15-10-5-2-6-11-15/h1-6,8-11H,7,12-13,19-20H2. The SMILES string of the molecule is NCCCC(N)(C(=O)c1ccccc1)C(=O)c1ccccc1. The molecule has 114 valence electrons. The molecule has 0 aromatic heterocycles. The Morgan fingerprint density at radius 1 is 0.818 bits per heavy atom. The van der Waals surface area contributed by atoms with Crippen molar-refractivity contribution in [1.29, 1.82) is 0 Å². The molecule has 0 fully saturated rings. The van der Waals surface area contributed by atoms with Crippen LogP contribution < -0.4 is 11.5 Å². The molecule has 4 N–H and O–H groups in total. The zero-order valence-corrected chi connectivity index (χ0v) is 12.4. The number of hydrogen-bond acceptors (Lipinski definition) is 4. The van der Waals surface area contributed by atoms with Gasteiger partial charge in [0.1, 0.15) is 5.54 Å². The van der Waals surface area contributed by atoms with Gasteiger partial charge in [0.2, 0.25) is 0 Å². The molecular weight excluding hydrogens is 276 g/mol. The highest BCUT2D eigenvalue weighted by Crippen LogP contribution is 2.22. The zero-order chi connectivity index (χ0) is 16.0. The predicted octanol–water partition coefficient (Wildman–Crippen LogP) is 2.19. The fourth-order valence-electron chi connectivity index (χ4n) is 2.41. The number of nitrogens with two attached hydrogens (primary N) is 2. The van der Waals surface area contributed by atoms with Crippen molar-refractivity contribution in [3.8, 4) is 0 Å². The van der Waals surface area contributed by atoms with Gasteiger partial charge in [0.15, 0.2) is 11.6 Å². The van der Waals surface area contributed by atoms with E-state index < -0.39 is 5.54 Å². The van der Waals surface area contributed by atoms with Crippen molar-refractivity contribution in [1.82, 2.24) is 0 Å². The van der Waals surface area contributed by atoms with Gasteiger partial charge in [-0.05, 0) is 19.4 Å². The molecular formula is C18H20N2O2. The van der Waals surface area contributed by atoms with Gasteiger partial charge in [-0.15, -0.1) is 0 Å². The van der Waals surface area contributed by atoms with E-state index in [1.54, 1.807) is 48.5 Å². The van der Waals surface area contributed by atoms with Crippen LogP contribution in [0.3, 0.4) is 0 Å². The Morgan fingerprint density at radius 2 is 1.23 bits per heavy atom. The van der Waals surface area contributed by atoms with Gasteiger partial charge in [-0.2, -0.15) is 0 Å². The summed E-state index contributed by atoms with van der Waals surface area (Å²) in [6.07, 6.45) is 0.735. The molecule has 0 heterocycles. The molecule has 0 saturated heterocycles. The number of rotatable bonds is 7. The van der Waals surface area contributed by atoms with Crippen molar-refractivity contribution < 1.29 is 9.59 Å². The lowest BCUT2D eigenvalue weighted by Gasteiger charge is -2.26. The summed E-state index contributed by atoms with van der Waals surface area (Å²) in [7, 11) is 0. The molecule has 0 unspecified atom stereocenters. The van der Waals surface area contributed by atoms with Crippen LogP contribution >= 0.6 is 0 Å². The molecule has 22 heavy (non-hydrogen) atoms. The minimum atomic E-state index is -1.58. The summed E-state index contributed by atoms with van der Waals surface area (Å²) >= 11 is 0. The van der Waals surface area contributed by atoms with E-state index in [4.69, 9.17) is 11.5 Å². The quantitative estimate of drug-likeness (QED) is 0.605. The highest BCUT2D eigenvalue weighted by Gasteiger charge is 2.41. The molecule has 2 aromatic rings. The number of carbonyl (C=O) groups is 2. The first kappa shape index (κ1) is 16.1. The van der Waals surface area contributed by atoms with Crippen LogP contribution in [-0.4, -0.2) is 23.7 Å². The zero-order valence-electron chi connectivity index (χ0n) is 12.4. The first-order chi connectivity index (χ1) is 10.6. The Bertz CT molecular complexity index is 587. The fraction of sp³-hybridized carbons (Fsp3) is 0.222. The Hall–Kier alpha value is -2.30. The van der Waals surface area contributed by atoms with E-state index in [0.29, 0.717) is 24.1 Å². The van der Waals surface area contributed by atoms with Crippen molar-refractivity contribution in [2.75, 3.05) is 6.54 Å². The lowest BCUT2D eigenvalue weighted by atomic mass is 9.79. The molecule has 0 spiro atoms. The van der Waals surface area contributed by atoms with Gasteiger partial charge in [0, 0.05) is 11.1 Å². The van der Waals surface area contributed by atoms with Gasteiger partial charge in [-0.25, -0.2) is 0 Å². The van der Waals surface area contributed by atoms with Gasteiger partial charge in [0.05, 0.1) is 0 Å². The second kappa shape index (κ2) is 7.11. The molecule has 0 aliphatic heterocycles. The van der Waals surface area contributed by atoms with E-state index in [9.17, 15) is 9.59 Å². The summed E-state index contributed by atoms with van der Waals surface area (Å²) in [6, 6.07) is 17.3. The van der Waals surface area contributed by atoms with E-state index in [1.165, 1.54) is 0 Å². The molecule has 4 nitrogen and oxygen atoms in total. The van der Waals surface area contributed by atoms with Crippen molar-refractivity contribution in [2.45, 2.75) is 18.4 Å². The van der Waals surface area contributed by atoms with Crippen LogP contribution in [-0.2, 0) is 0 Å². The van der Waals surface area contributed by atoms with Crippen molar-refractivity contribution >= 4 is 11.6 Å². The molecule has 2 aromatic carbocycles. The maximum absolute atomic E-state index is 12.8. The van der Waals surface area contributed by atoms with Gasteiger partial charge in [0.25, 0.3) is 0 Å². The van der Waals surface area contributed by atoms with Crippen LogP contribution in [0.25, 0.3) is 0 Å². The van der Waals surface area contributed by atoms with E-state index >= 15 is 0 Å². The lowest BCUT2D eigenvalue weighted by molar-refractivity contribution is 0.0757. The molecule has 0 aliphatic carbocycles. The lowest BCUT2D eigenvalue weighted by Crippen LogP contribution is -2.55. The monoisotopic (exact) mass is 296 g/mol. The maximum atomic E-state index is 12.8. The van der Waals surface area contributed by atoms with Gasteiger partial charge in [-0.3, -0.25) is 9.59 Å². The molecule has 0 aliphatic rings. The largest absolute Gasteiger partial charge is 0.330 e. The second-order valence-corrected chi connectivity index (χ2v) is 5.25. The minimum absolute atomic E-state index is 0.227. The Labute approximate surface area is 130 Å². The normalized spacial score (nSPS) is 11.2. The third-order valence-corrected chi connectivity index (χ3v) is 3.66. The van der Waals surface area contributed by atoms with E-state index in [1.807, 2.05) is 12.1 Å². The number of ketones is 2. The highest BCUT2D eigenvalue weighted by atomic mass is 16.2. The van der Waals surface area contributed by atoms with Gasteiger partial charge in [-0.1, -0.05) is 60.7 Å². The van der Waals surface area contributed by atoms with Crippen LogP contribution in [0.1, 0.15) is 33.6 Å². The minimum Gasteiger partial charge on any atom is -0.330 e. The third kappa shape index (κ3) is 3.30. The van der Waals surface area contributed by atoms with E-state index in [-0.39, 0.29) is 18.0 Å². The highest BCUT2D eigenvalue weighted by molar-refractivity contribution is 6.23. The number of Topliss-reactive ketones (excluding diaryl/α,β-unsaturated/α-hetero) is 2. The van der Waals surface area contributed by atoms with Crippen LogP contribution in [0.5, 0.6) is 0 Å². The molecule has 4 heteroatoms. The topological polar surface area (TPSA) is 86.2 Å². The van der Waals surface area contributed by atoms with Gasteiger partial charge >= 0.3 is 0 Å². The average Bonchev–Trinajstić information content (AvgIpc) is 2.59. The molecule has 0 radical (unpaired) electrons. The number of benzene rings is 2. The Morgan fingerprint density at radius 3 is 1.59 bits per heavy atom. The molecule has 0 amide bonds. The van der Waals surface area contributed by atoms with Gasteiger partial charge < -0.3 is 11.5 Å². The summed E-state index contributed by atoms with van der Waals surface area (Å²) in [5, 5.41) is 0. The molecule has 0 saturated carbocycles. The molecule has 2 rings (SSSR count). The van der Waals surface area contributed by atoms with Crippen molar-refractivity contribution in [3.05, 3.63) is 71.8 Å². The summed E-state index contributed by atoms with van der Waals surface area (Å²) in [6.45, 7) is 0.378. The molecule has 0 bridgehead atoms. The Balaban J connectivity index is 2.39. The van der Waals surface area contributed by atoms with E-state index in [0.717, 1.165) is 0 Å². The fourth-order valence-corrected chi connectivity index (χ4v) is 2.41. The summed E-state index contributed by atoms with van der Waals surface area (Å²) in [4.78, 5) is 25.6. The average molecular weight is 296 g/mol. The van der Waals surface area contributed by atoms with Crippen LogP contribution in [0.15, 0.2) is 60.7 Å². The van der Waals surface area contributed by atoms with Crippen molar-refractivity contribution in [2.24, 2.45) is 11.5 Å². The Kier molecular flexibility index (Phi) is 5.20. The van der Waals surface area contributed by atoms with Crippen LogP contribution in [0, 0.1) is 0 Å². The third-order valence-electron chi connectivity index (χ3n) is 3.66. The van der Waals surface area contributed by atoms with Crippen molar-refractivity contribution in [3.63, 3.8) is 0 Å². The smallest absolute Gasteiger partial charge is 0.190 e. The number of hydrogen-bond donors (Lipinski definition) is 2. The van der Waals surface area contributed by atoms with E-state index in [2.05, 4.69) is 0 Å². The number of carbonyl (C=O) groups excluding carboxylic acids is 2. The first-order valence-electron chi connectivity index (χ1n) is 7.28. The summed E-state index contributed by atoms with van der Waals surface area (Å²) in [5.41, 5.74) is 11.1. The second-order valence-electron chi connectivity index (χ2n) is 5.25. The van der Waals surface area contributed by atoms with Crippen LogP contribution in [0.2, 0.25) is 0 Å². The summed E-state index contributed by atoms with van der Waals surface area (Å²) < 4.78 is 0. The molecule has 0 atom stereocenters. The predicted molar refractivity (Wildman–Crippen MR) is 86.8 cm³/mol. The maximum Gasteiger partial charge on any atom is 0.190 e. The first-order valence-corrected chi connectivity index (χ1v) is 7.28. The van der Waals surface area contributed by atoms with Crippen LogP contribution in [0.4, 0.5) is 0 Å².